The molecule has 18 heavy (non-hydrogen) atoms. The lowest BCUT2D eigenvalue weighted by Gasteiger charge is -2.03. The molecule has 6 heteroatoms. The molecule has 1 aromatic carbocycles. The van der Waals surface area contributed by atoms with Gasteiger partial charge in [0.25, 0.3) is 5.56 Å². The molecule has 0 spiro atoms. The molecule has 0 saturated heterocycles. The molecule has 0 aliphatic heterocycles. The molecule has 2 aromatic rings. The van der Waals surface area contributed by atoms with Crippen molar-refractivity contribution in [2.24, 2.45) is 0 Å². The maximum atomic E-state index is 13.2. The van der Waals surface area contributed by atoms with E-state index in [-0.39, 0.29) is 0 Å². The molecule has 0 bridgehead atoms. The Hall–Kier alpha value is -2.63. The molecule has 0 unspecified atom stereocenters. The van der Waals surface area contributed by atoms with Gasteiger partial charge in [0.05, 0.1) is 0 Å². The summed E-state index contributed by atoms with van der Waals surface area (Å²) in [6.45, 7) is 0. The average Bonchev–Trinajstić information content (AvgIpc) is 2.33. The molecule has 0 radical (unpaired) electrons. The molecule has 0 amide bonds. The Morgan fingerprint density at radius 1 is 1.22 bits per heavy atom. The van der Waals surface area contributed by atoms with E-state index < -0.39 is 28.7 Å². The number of phenolic OH excluding ortho intramolecular Hbond substituents is 1. The Kier molecular flexibility index (Phi) is 2.85. The number of aromatic amines is 1. The maximum Gasteiger partial charge on any atom is 0.341 e. The van der Waals surface area contributed by atoms with Gasteiger partial charge < -0.3 is 15.2 Å². The number of phenols is 1. The number of hydrogen-bond acceptors (Lipinski definition) is 3. The second-order valence-electron chi connectivity index (χ2n) is 3.60. The van der Waals surface area contributed by atoms with Gasteiger partial charge in [-0.25, -0.2) is 9.18 Å². The van der Waals surface area contributed by atoms with Gasteiger partial charge in [0.1, 0.15) is 5.56 Å². The second kappa shape index (κ2) is 4.33. The normalized spacial score (nSPS) is 10.3. The van der Waals surface area contributed by atoms with Crippen LogP contribution < -0.4 is 5.56 Å². The highest BCUT2D eigenvalue weighted by atomic mass is 19.1. The van der Waals surface area contributed by atoms with Crippen LogP contribution in [-0.4, -0.2) is 21.2 Å². The quantitative estimate of drug-likeness (QED) is 0.753. The molecule has 0 aliphatic rings. The number of aromatic nitrogens is 1. The van der Waals surface area contributed by atoms with Crippen molar-refractivity contribution in [1.29, 1.82) is 0 Å². The summed E-state index contributed by atoms with van der Waals surface area (Å²) < 4.78 is 13.2. The molecule has 0 saturated carbocycles. The Morgan fingerprint density at radius 2 is 1.94 bits per heavy atom. The molecule has 1 aromatic heterocycles. The number of carbonyl (C=O) groups is 1. The van der Waals surface area contributed by atoms with E-state index in [0.717, 1.165) is 18.2 Å². The highest BCUT2D eigenvalue weighted by molar-refractivity contribution is 5.88. The SMILES string of the molecule is O=C(O)c1cc(-c2ccc(O)c(F)c2)c[nH]c1=O. The summed E-state index contributed by atoms with van der Waals surface area (Å²) in [5.41, 5.74) is -0.471. The Balaban J connectivity index is 2.57. The Labute approximate surface area is 100 Å². The molecule has 2 rings (SSSR count). The van der Waals surface area contributed by atoms with Crippen molar-refractivity contribution in [3.8, 4) is 16.9 Å². The van der Waals surface area contributed by atoms with Gasteiger partial charge in [0.2, 0.25) is 0 Å². The fraction of sp³-hybridized carbons (Fsp3) is 0. The van der Waals surface area contributed by atoms with Gasteiger partial charge in [0, 0.05) is 6.20 Å². The number of aromatic carboxylic acids is 1. The van der Waals surface area contributed by atoms with Crippen LogP contribution in [0, 0.1) is 5.82 Å². The number of H-pyrrole nitrogens is 1. The fourth-order valence-corrected chi connectivity index (χ4v) is 1.50. The summed E-state index contributed by atoms with van der Waals surface area (Å²) in [6.07, 6.45) is 1.28. The van der Waals surface area contributed by atoms with E-state index in [9.17, 15) is 14.0 Å². The number of hydrogen-bond donors (Lipinski definition) is 3. The predicted octanol–water partition coefficient (Wildman–Crippen LogP) is 1.58. The predicted molar refractivity (Wildman–Crippen MR) is 61.1 cm³/mol. The molecule has 92 valence electrons. The van der Waals surface area contributed by atoms with Crippen LogP contribution in [0.1, 0.15) is 10.4 Å². The zero-order chi connectivity index (χ0) is 13.3. The van der Waals surface area contributed by atoms with E-state index in [1.165, 1.54) is 12.3 Å². The third-order valence-corrected chi connectivity index (χ3v) is 2.41. The summed E-state index contributed by atoms with van der Waals surface area (Å²) >= 11 is 0. The molecule has 0 atom stereocenters. The van der Waals surface area contributed by atoms with Crippen molar-refractivity contribution >= 4 is 5.97 Å². The minimum absolute atomic E-state index is 0.339. The lowest BCUT2D eigenvalue weighted by atomic mass is 10.1. The second-order valence-corrected chi connectivity index (χ2v) is 3.60. The van der Waals surface area contributed by atoms with E-state index in [1.54, 1.807) is 0 Å². The Morgan fingerprint density at radius 3 is 2.56 bits per heavy atom. The van der Waals surface area contributed by atoms with Gasteiger partial charge in [-0.3, -0.25) is 4.79 Å². The number of pyridine rings is 1. The van der Waals surface area contributed by atoms with Crippen LogP contribution in [0.25, 0.3) is 11.1 Å². The third-order valence-electron chi connectivity index (χ3n) is 2.41. The number of carboxylic acids is 1. The topological polar surface area (TPSA) is 90.4 Å². The number of carboxylic acid groups (broad SMARTS) is 1. The molecule has 3 N–H and O–H groups in total. The molecule has 0 aliphatic carbocycles. The lowest BCUT2D eigenvalue weighted by molar-refractivity contribution is 0.0695. The lowest BCUT2D eigenvalue weighted by Crippen LogP contribution is -2.16. The third kappa shape index (κ3) is 2.08. The first-order valence-electron chi connectivity index (χ1n) is 4.94. The van der Waals surface area contributed by atoms with Crippen LogP contribution in [0.5, 0.6) is 5.75 Å². The zero-order valence-corrected chi connectivity index (χ0v) is 8.98. The molecule has 0 fully saturated rings. The van der Waals surface area contributed by atoms with Crippen LogP contribution in [0.3, 0.4) is 0 Å². The van der Waals surface area contributed by atoms with Crippen molar-refractivity contribution < 1.29 is 19.4 Å². The number of benzene rings is 1. The van der Waals surface area contributed by atoms with Crippen LogP contribution in [-0.2, 0) is 0 Å². The smallest absolute Gasteiger partial charge is 0.341 e. The fourth-order valence-electron chi connectivity index (χ4n) is 1.50. The molecular weight excluding hydrogens is 241 g/mol. The summed E-state index contributed by atoms with van der Waals surface area (Å²) in [5, 5.41) is 17.9. The molecule has 1 heterocycles. The largest absolute Gasteiger partial charge is 0.505 e. The van der Waals surface area contributed by atoms with Crippen molar-refractivity contribution in [1.82, 2.24) is 4.98 Å². The van der Waals surface area contributed by atoms with Gasteiger partial charge in [-0.1, -0.05) is 6.07 Å². The number of rotatable bonds is 2. The number of halogens is 1. The highest BCUT2D eigenvalue weighted by Gasteiger charge is 2.11. The average molecular weight is 249 g/mol. The highest BCUT2D eigenvalue weighted by Crippen LogP contribution is 2.24. The van der Waals surface area contributed by atoms with E-state index in [1.807, 2.05) is 0 Å². The number of nitrogens with one attached hydrogen (secondary N) is 1. The molecule has 5 nitrogen and oxygen atoms in total. The summed E-state index contributed by atoms with van der Waals surface area (Å²) in [4.78, 5) is 24.3. The number of aromatic hydroxyl groups is 1. The van der Waals surface area contributed by atoms with E-state index >= 15 is 0 Å². The maximum absolute atomic E-state index is 13.2. The van der Waals surface area contributed by atoms with E-state index in [4.69, 9.17) is 10.2 Å². The van der Waals surface area contributed by atoms with Crippen molar-refractivity contribution in [2.45, 2.75) is 0 Å². The monoisotopic (exact) mass is 249 g/mol. The van der Waals surface area contributed by atoms with Crippen molar-refractivity contribution in [2.75, 3.05) is 0 Å². The Bertz CT molecular complexity index is 678. The van der Waals surface area contributed by atoms with Gasteiger partial charge in [-0.15, -0.1) is 0 Å². The summed E-state index contributed by atoms with van der Waals surface area (Å²) in [7, 11) is 0. The van der Waals surface area contributed by atoms with Crippen LogP contribution in [0.2, 0.25) is 0 Å². The van der Waals surface area contributed by atoms with Gasteiger partial charge >= 0.3 is 5.97 Å². The minimum Gasteiger partial charge on any atom is -0.505 e. The van der Waals surface area contributed by atoms with E-state index in [0.29, 0.717) is 11.1 Å². The summed E-state index contributed by atoms with van der Waals surface area (Å²) in [6, 6.07) is 4.76. The van der Waals surface area contributed by atoms with E-state index in [2.05, 4.69) is 4.98 Å². The van der Waals surface area contributed by atoms with Crippen molar-refractivity contribution in [3.63, 3.8) is 0 Å². The van der Waals surface area contributed by atoms with Crippen LogP contribution >= 0.6 is 0 Å². The van der Waals surface area contributed by atoms with Gasteiger partial charge in [-0.2, -0.15) is 0 Å². The van der Waals surface area contributed by atoms with Gasteiger partial charge in [-0.05, 0) is 29.3 Å². The van der Waals surface area contributed by atoms with Crippen LogP contribution in [0.15, 0.2) is 35.3 Å². The van der Waals surface area contributed by atoms with Crippen molar-refractivity contribution in [3.05, 3.63) is 52.2 Å². The first kappa shape index (κ1) is 11.8. The molecular formula is C12H8FNO4. The minimum atomic E-state index is -1.36. The first-order valence-corrected chi connectivity index (χ1v) is 4.94. The zero-order valence-electron chi connectivity index (χ0n) is 8.98. The summed E-state index contributed by atoms with van der Waals surface area (Å²) in [5.74, 6) is -2.69. The first-order chi connectivity index (χ1) is 8.49. The van der Waals surface area contributed by atoms with Gasteiger partial charge in [0.15, 0.2) is 11.6 Å². The van der Waals surface area contributed by atoms with Crippen LogP contribution in [0.4, 0.5) is 4.39 Å². The standard InChI is InChI=1S/C12H8FNO4/c13-9-4-6(1-2-10(9)15)7-3-8(12(17)18)11(16)14-5-7/h1-5,15H,(H,14,16)(H,17,18).